The van der Waals surface area contributed by atoms with Crippen LogP contribution in [0.25, 0.3) is 0 Å². The van der Waals surface area contributed by atoms with Gasteiger partial charge in [0.15, 0.2) is 0 Å². The van der Waals surface area contributed by atoms with Crippen LogP contribution in [0.5, 0.6) is 0 Å². The van der Waals surface area contributed by atoms with Crippen molar-refractivity contribution in [3.63, 3.8) is 0 Å². The van der Waals surface area contributed by atoms with E-state index in [4.69, 9.17) is 0 Å². The third-order valence-corrected chi connectivity index (χ3v) is 7.02. The lowest BCUT2D eigenvalue weighted by atomic mass is 9.83. The molecule has 2 aromatic rings. The zero-order chi connectivity index (χ0) is 24.2. The Morgan fingerprint density at radius 2 is 1.97 bits per heavy atom. The van der Waals surface area contributed by atoms with Crippen LogP contribution < -0.4 is 21.1 Å². The van der Waals surface area contributed by atoms with Gasteiger partial charge in [0.25, 0.3) is 5.56 Å². The second-order valence-corrected chi connectivity index (χ2v) is 9.25. The number of hydrogen-bond acceptors (Lipinski definition) is 5. The van der Waals surface area contributed by atoms with Gasteiger partial charge in [0.1, 0.15) is 11.7 Å². The monoisotopic (exact) mass is 469 g/mol. The summed E-state index contributed by atoms with van der Waals surface area (Å²) in [5, 5.41) is 5.90. The topological polar surface area (TPSA) is 96.3 Å². The van der Waals surface area contributed by atoms with E-state index in [9.17, 15) is 18.8 Å². The molecular formula is C25H32FN5O3. The molecule has 4 rings (SSSR count). The molecule has 2 atom stereocenters. The molecule has 1 aliphatic heterocycles. The van der Waals surface area contributed by atoms with E-state index in [1.54, 1.807) is 31.1 Å². The second kappa shape index (κ2) is 10.5. The van der Waals surface area contributed by atoms with Crippen LogP contribution in [-0.2, 0) is 22.6 Å². The fourth-order valence-electron chi connectivity index (χ4n) is 4.90. The van der Waals surface area contributed by atoms with Crippen molar-refractivity contribution >= 4 is 17.5 Å². The molecular weight excluding hydrogens is 437 g/mol. The van der Waals surface area contributed by atoms with Crippen LogP contribution in [0.4, 0.5) is 10.1 Å². The molecule has 2 amide bonds. The van der Waals surface area contributed by atoms with Gasteiger partial charge < -0.3 is 20.1 Å². The van der Waals surface area contributed by atoms with Crippen molar-refractivity contribution in [3.8, 4) is 0 Å². The molecule has 182 valence electrons. The van der Waals surface area contributed by atoms with Gasteiger partial charge in [0.2, 0.25) is 17.8 Å². The summed E-state index contributed by atoms with van der Waals surface area (Å²) < 4.78 is 14.7. The fraction of sp³-hybridized carbons (Fsp3) is 0.520. The Labute approximate surface area is 198 Å². The van der Waals surface area contributed by atoms with Gasteiger partial charge in [0, 0.05) is 18.9 Å². The molecule has 2 aliphatic rings. The second-order valence-electron chi connectivity index (χ2n) is 9.25. The highest BCUT2D eigenvalue weighted by Gasteiger charge is 2.38. The molecule has 1 saturated carbocycles. The molecule has 0 radical (unpaired) electrons. The van der Waals surface area contributed by atoms with Gasteiger partial charge in [-0.2, -0.15) is 4.39 Å². The lowest BCUT2D eigenvalue weighted by Gasteiger charge is -2.33. The smallest absolute Gasteiger partial charge is 0.275 e. The van der Waals surface area contributed by atoms with Crippen molar-refractivity contribution in [3.05, 3.63) is 58.0 Å². The SMILES string of the molecule is CN[C@@H](C)C(=O)N[C@H](C(=O)N1CCc2ccn(Cc3ccc(F)nc3)c(=O)c21)C1CCCCC1. The first kappa shape index (κ1) is 24.1. The van der Waals surface area contributed by atoms with E-state index < -0.39 is 18.0 Å². The van der Waals surface area contributed by atoms with E-state index >= 15 is 0 Å². The molecule has 1 aliphatic carbocycles. The molecule has 0 saturated heterocycles. The molecule has 0 spiro atoms. The Morgan fingerprint density at radius 3 is 2.65 bits per heavy atom. The van der Waals surface area contributed by atoms with Crippen LogP contribution >= 0.6 is 0 Å². The Kier molecular flexibility index (Phi) is 7.41. The van der Waals surface area contributed by atoms with Gasteiger partial charge in [-0.25, -0.2) is 4.98 Å². The summed E-state index contributed by atoms with van der Waals surface area (Å²) in [5.74, 6) is -0.972. The maximum atomic E-state index is 13.8. The molecule has 1 fully saturated rings. The zero-order valence-electron chi connectivity index (χ0n) is 19.7. The molecule has 2 N–H and O–H groups in total. The van der Waals surface area contributed by atoms with E-state index in [0.29, 0.717) is 24.2 Å². The number of carbonyl (C=O) groups excluding carboxylic acids is 2. The summed E-state index contributed by atoms with van der Waals surface area (Å²) in [5.41, 5.74) is 1.61. The van der Waals surface area contributed by atoms with Crippen molar-refractivity contribution in [2.45, 2.75) is 64.1 Å². The summed E-state index contributed by atoms with van der Waals surface area (Å²) in [6, 6.07) is 3.61. The normalized spacial score (nSPS) is 17.8. The third kappa shape index (κ3) is 5.04. The highest BCUT2D eigenvalue weighted by atomic mass is 19.1. The number of nitrogens with zero attached hydrogens (tertiary/aromatic N) is 3. The van der Waals surface area contributed by atoms with Gasteiger partial charge in [-0.1, -0.05) is 25.3 Å². The van der Waals surface area contributed by atoms with E-state index in [-0.39, 0.29) is 29.8 Å². The number of halogens is 1. The maximum Gasteiger partial charge on any atom is 0.275 e. The minimum absolute atomic E-state index is 0.0505. The van der Waals surface area contributed by atoms with Crippen LogP contribution in [0.3, 0.4) is 0 Å². The minimum Gasteiger partial charge on any atom is -0.343 e. The van der Waals surface area contributed by atoms with Crippen LogP contribution in [0, 0.1) is 11.9 Å². The van der Waals surface area contributed by atoms with Crippen molar-refractivity contribution in [2.75, 3.05) is 18.5 Å². The van der Waals surface area contributed by atoms with Crippen molar-refractivity contribution < 1.29 is 14.0 Å². The van der Waals surface area contributed by atoms with Crippen molar-refractivity contribution in [2.24, 2.45) is 5.92 Å². The van der Waals surface area contributed by atoms with Crippen LogP contribution in [0.1, 0.15) is 50.2 Å². The van der Waals surface area contributed by atoms with Crippen LogP contribution in [0.15, 0.2) is 35.4 Å². The molecule has 0 unspecified atom stereocenters. The minimum atomic E-state index is -0.663. The Balaban J connectivity index is 1.62. The molecule has 34 heavy (non-hydrogen) atoms. The van der Waals surface area contributed by atoms with Gasteiger partial charge in [-0.15, -0.1) is 0 Å². The van der Waals surface area contributed by atoms with E-state index in [2.05, 4.69) is 15.6 Å². The van der Waals surface area contributed by atoms with Crippen LogP contribution in [-0.4, -0.2) is 47.0 Å². The van der Waals surface area contributed by atoms with Gasteiger partial charge >= 0.3 is 0 Å². The number of anilines is 1. The summed E-state index contributed by atoms with van der Waals surface area (Å²) in [4.78, 5) is 45.1. The molecule has 0 bridgehead atoms. The molecule has 9 heteroatoms. The number of likely N-dealkylation sites (N-methyl/N-ethyl adjacent to an activating group) is 1. The largest absolute Gasteiger partial charge is 0.343 e. The average molecular weight is 470 g/mol. The van der Waals surface area contributed by atoms with Crippen LogP contribution in [0.2, 0.25) is 0 Å². The Hall–Kier alpha value is -3.07. The number of pyridine rings is 2. The highest BCUT2D eigenvalue weighted by Crippen LogP contribution is 2.30. The third-order valence-electron chi connectivity index (χ3n) is 7.02. The van der Waals surface area contributed by atoms with E-state index in [0.717, 1.165) is 37.7 Å². The number of carbonyl (C=O) groups is 2. The Morgan fingerprint density at radius 1 is 1.21 bits per heavy atom. The molecule has 0 aromatic carbocycles. The summed E-state index contributed by atoms with van der Waals surface area (Å²) in [6.45, 7) is 2.39. The first-order valence-electron chi connectivity index (χ1n) is 12.0. The number of amides is 2. The van der Waals surface area contributed by atoms with Gasteiger partial charge in [-0.05, 0) is 62.4 Å². The predicted molar refractivity (Wildman–Crippen MR) is 127 cm³/mol. The van der Waals surface area contributed by atoms with Gasteiger partial charge in [0.05, 0.1) is 12.6 Å². The zero-order valence-corrected chi connectivity index (χ0v) is 19.7. The lowest BCUT2D eigenvalue weighted by Crippen LogP contribution is -2.56. The molecule has 2 aromatic heterocycles. The predicted octanol–water partition coefficient (Wildman–Crippen LogP) is 1.99. The number of rotatable bonds is 7. The fourth-order valence-corrected chi connectivity index (χ4v) is 4.90. The average Bonchev–Trinajstić information content (AvgIpc) is 3.30. The molecule has 3 heterocycles. The summed E-state index contributed by atoms with van der Waals surface area (Å²) >= 11 is 0. The first-order chi connectivity index (χ1) is 16.4. The van der Waals surface area contributed by atoms with E-state index in [1.165, 1.54) is 16.8 Å². The quantitative estimate of drug-likeness (QED) is 0.605. The number of aromatic nitrogens is 2. The van der Waals surface area contributed by atoms with Crippen molar-refractivity contribution in [1.82, 2.24) is 20.2 Å². The first-order valence-corrected chi connectivity index (χ1v) is 12.0. The maximum absolute atomic E-state index is 13.8. The number of fused-ring (bicyclic) bond motifs is 1. The standard InChI is InChI=1S/C25H32FN5O3/c1-16(27-2)23(32)29-21(18-6-4-3-5-7-18)24(33)31-13-11-19-10-12-30(25(34)22(19)31)15-17-8-9-20(26)28-14-17/h8-10,12,14,16,18,21,27H,3-7,11,13,15H2,1-2H3,(H,29,32)/t16-,21-/m0/s1. The Bertz CT molecular complexity index is 1090. The van der Waals surface area contributed by atoms with Gasteiger partial charge in [-0.3, -0.25) is 14.4 Å². The molecule has 8 nitrogen and oxygen atoms in total. The summed E-state index contributed by atoms with van der Waals surface area (Å²) in [7, 11) is 1.71. The highest BCUT2D eigenvalue weighted by molar-refractivity contribution is 6.01. The van der Waals surface area contributed by atoms with Crippen molar-refractivity contribution in [1.29, 1.82) is 0 Å². The van der Waals surface area contributed by atoms with E-state index in [1.807, 2.05) is 6.07 Å². The number of hydrogen-bond donors (Lipinski definition) is 2. The summed E-state index contributed by atoms with van der Waals surface area (Å²) in [6.07, 6.45) is 8.63. The number of nitrogens with one attached hydrogen (secondary N) is 2. The lowest BCUT2D eigenvalue weighted by molar-refractivity contribution is -0.130.